The van der Waals surface area contributed by atoms with Crippen LogP contribution in [0.15, 0.2) is 18.2 Å². The molecular formula is C22H32N2O2. The molecule has 1 fully saturated rings. The van der Waals surface area contributed by atoms with Crippen molar-refractivity contribution in [2.75, 3.05) is 20.1 Å². The molecule has 1 heterocycles. The third kappa shape index (κ3) is 4.35. The van der Waals surface area contributed by atoms with E-state index in [0.29, 0.717) is 24.9 Å². The van der Waals surface area contributed by atoms with E-state index in [1.807, 2.05) is 12.1 Å². The second-order valence-electron chi connectivity index (χ2n) is 8.22. The highest BCUT2D eigenvalue weighted by Crippen LogP contribution is 2.24. The molecule has 0 radical (unpaired) electrons. The lowest BCUT2D eigenvalue weighted by molar-refractivity contribution is -0.134. The Hall–Kier alpha value is -1.68. The molecule has 1 aliphatic heterocycles. The lowest BCUT2D eigenvalue weighted by Crippen LogP contribution is -2.50. The van der Waals surface area contributed by atoms with Gasteiger partial charge in [0.2, 0.25) is 5.91 Å². The van der Waals surface area contributed by atoms with Crippen molar-refractivity contribution in [1.82, 2.24) is 9.80 Å². The van der Waals surface area contributed by atoms with Crippen LogP contribution in [0.4, 0.5) is 0 Å². The molecule has 3 rings (SSSR count). The topological polar surface area (TPSA) is 40.6 Å². The number of nitrogens with zero attached hydrogens (tertiary/aromatic N) is 2. The molecule has 1 saturated heterocycles. The van der Waals surface area contributed by atoms with E-state index in [1.165, 1.54) is 6.42 Å². The maximum absolute atomic E-state index is 13.0. The lowest BCUT2D eigenvalue weighted by atomic mass is 9.89. The summed E-state index contributed by atoms with van der Waals surface area (Å²) in [5.74, 6) is 0.478. The lowest BCUT2D eigenvalue weighted by Gasteiger charge is -2.39. The molecule has 0 saturated carbocycles. The van der Waals surface area contributed by atoms with Crippen molar-refractivity contribution in [3.8, 4) is 0 Å². The molecule has 1 amide bonds. The number of Topliss-reactive ketones (excluding diaryl/α,β-unsaturated/α-hetero) is 1. The maximum Gasteiger partial charge on any atom is 0.227 e. The van der Waals surface area contributed by atoms with Crippen molar-refractivity contribution in [2.45, 2.75) is 70.9 Å². The van der Waals surface area contributed by atoms with Gasteiger partial charge in [-0.25, -0.2) is 0 Å². The fourth-order valence-electron chi connectivity index (χ4n) is 4.15. The molecule has 142 valence electrons. The van der Waals surface area contributed by atoms with E-state index in [2.05, 4.69) is 36.8 Å². The zero-order valence-corrected chi connectivity index (χ0v) is 16.5. The minimum absolute atomic E-state index is 0.231. The molecule has 0 unspecified atom stereocenters. The molecular weight excluding hydrogens is 324 g/mol. The highest BCUT2D eigenvalue weighted by molar-refractivity contribution is 5.98. The van der Waals surface area contributed by atoms with Gasteiger partial charge in [-0.1, -0.05) is 18.2 Å². The monoisotopic (exact) mass is 356 g/mol. The van der Waals surface area contributed by atoms with Gasteiger partial charge in [0.05, 0.1) is 6.42 Å². The Morgan fingerprint density at radius 2 is 2.04 bits per heavy atom. The van der Waals surface area contributed by atoms with Crippen molar-refractivity contribution in [3.05, 3.63) is 34.9 Å². The fraction of sp³-hybridized carbons (Fsp3) is 0.636. The molecule has 1 aromatic rings. The molecule has 4 heteroatoms. The van der Waals surface area contributed by atoms with Gasteiger partial charge in [-0.05, 0) is 64.1 Å². The first-order valence-electron chi connectivity index (χ1n) is 10.1. The largest absolute Gasteiger partial charge is 0.338 e. The van der Waals surface area contributed by atoms with E-state index in [1.54, 1.807) is 0 Å². The number of carbonyl (C=O) groups is 2. The predicted molar refractivity (Wildman–Crippen MR) is 105 cm³/mol. The summed E-state index contributed by atoms with van der Waals surface area (Å²) in [5.41, 5.74) is 3.04. The molecule has 0 N–H and O–H groups in total. The number of aryl methyl sites for hydroxylation is 1. The van der Waals surface area contributed by atoms with Crippen LogP contribution in [0.1, 0.15) is 67.4 Å². The minimum atomic E-state index is 0.231. The van der Waals surface area contributed by atoms with Crippen LogP contribution in [0.3, 0.4) is 0 Å². The number of carbonyl (C=O) groups excluding carboxylic acids is 2. The molecule has 4 nitrogen and oxygen atoms in total. The van der Waals surface area contributed by atoms with Crippen molar-refractivity contribution < 1.29 is 9.59 Å². The summed E-state index contributed by atoms with van der Waals surface area (Å²) in [4.78, 5) is 29.4. The van der Waals surface area contributed by atoms with Crippen molar-refractivity contribution in [3.63, 3.8) is 0 Å². The van der Waals surface area contributed by atoms with Gasteiger partial charge in [-0.15, -0.1) is 0 Å². The van der Waals surface area contributed by atoms with Gasteiger partial charge >= 0.3 is 0 Å². The first-order chi connectivity index (χ1) is 12.5. The Labute approximate surface area is 157 Å². The molecule has 1 atom stereocenters. The number of ketones is 1. The van der Waals surface area contributed by atoms with E-state index in [9.17, 15) is 9.59 Å². The third-order valence-corrected chi connectivity index (χ3v) is 6.00. The van der Waals surface area contributed by atoms with Crippen LogP contribution >= 0.6 is 0 Å². The highest BCUT2D eigenvalue weighted by atomic mass is 16.2. The Morgan fingerprint density at radius 3 is 2.81 bits per heavy atom. The van der Waals surface area contributed by atoms with E-state index in [-0.39, 0.29) is 11.7 Å². The van der Waals surface area contributed by atoms with E-state index < -0.39 is 0 Å². The number of hydrogen-bond acceptors (Lipinski definition) is 3. The number of amides is 1. The van der Waals surface area contributed by atoms with E-state index in [4.69, 9.17) is 0 Å². The quantitative estimate of drug-likeness (QED) is 0.811. The van der Waals surface area contributed by atoms with Crippen LogP contribution in [0.2, 0.25) is 0 Å². The summed E-state index contributed by atoms with van der Waals surface area (Å²) >= 11 is 0. The number of rotatable bonds is 5. The number of benzene rings is 1. The van der Waals surface area contributed by atoms with Gasteiger partial charge in [-0.3, -0.25) is 9.59 Å². The summed E-state index contributed by atoms with van der Waals surface area (Å²) in [5, 5.41) is 0. The molecule has 1 aromatic carbocycles. The van der Waals surface area contributed by atoms with Gasteiger partial charge in [0.1, 0.15) is 0 Å². The number of likely N-dealkylation sites (tertiary alicyclic amines) is 1. The molecule has 1 aliphatic carbocycles. The normalized spacial score (nSPS) is 20.6. The van der Waals surface area contributed by atoms with Crippen molar-refractivity contribution in [2.24, 2.45) is 0 Å². The Balaban J connectivity index is 1.68. The highest BCUT2D eigenvalue weighted by Gasteiger charge is 2.28. The summed E-state index contributed by atoms with van der Waals surface area (Å²) in [6.45, 7) is 6.22. The molecule has 26 heavy (non-hydrogen) atoms. The fourth-order valence-corrected chi connectivity index (χ4v) is 4.15. The number of fused-ring (bicyclic) bond motifs is 1. The number of hydrogen-bond donors (Lipinski definition) is 0. The third-order valence-electron chi connectivity index (χ3n) is 6.00. The Bertz CT molecular complexity index is 668. The van der Waals surface area contributed by atoms with Gasteiger partial charge in [0.15, 0.2) is 5.78 Å². The predicted octanol–water partition coefficient (Wildman–Crippen LogP) is 3.47. The zero-order valence-electron chi connectivity index (χ0n) is 16.5. The van der Waals surface area contributed by atoms with E-state index in [0.717, 1.165) is 55.5 Å². The number of piperidine rings is 1. The molecule has 2 aliphatic rings. The Morgan fingerprint density at radius 1 is 1.23 bits per heavy atom. The second kappa shape index (κ2) is 8.34. The van der Waals surface area contributed by atoms with Gasteiger partial charge < -0.3 is 9.80 Å². The SMILES string of the molecule is CC(C)N(C)C[C@@H]1CCCCN1C(=O)Cc1ccc2c(c1)CCCC2=O. The zero-order chi connectivity index (χ0) is 18.7. The molecule has 0 bridgehead atoms. The van der Waals surface area contributed by atoms with E-state index >= 15 is 0 Å². The first kappa shape index (κ1) is 19.1. The smallest absolute Gasteiger partial charge is 0.227 e. The van der Waals surface area contributed by atoms with Crippen LogP contribution in [0.5, 0.6) is 0 Å². The van der Waals surface area contributed by atoms with Crippen molar-refractivity contribution >= 4 is 11.7 Å². The first-order valence-corrected chi connectivity index (χ1v) is 10.1. The van der Waals surface area contributed by atoms with Crippen LogP contribution in [-0.4, -0.2) is 53.7 Å². The summed E-state index contributed by atoms with van der Waals surface area (Å²) < 4.78 is 0. The molecule has 0 spiro atoms. The van der Waals surface area contributed by atoms with Gasteiger partial charge in [-0.2, -0.15) is 0 Å². The average Bonchev–Trinajstić information content (AvgIpc) is 2.62. The Kier molecular flexibility index (Phi) is 6.13. The number of likely N-dealkylation sites (N-methyl/N-ethyl adjacent to an activating group) is 1. The molecule has 0 aromatic heterocycles. The van der Waals surface area contributed by atoms with Crippen molar-refractivity contribution in [1.29, 1.82) is 0 Å². The second-order valence-corrected chi connectivity index (χ2v) is 8.22. The van der Waals surface area contributed by atoms with Crippen LogP contribution in [0, 0.1) is 0 Å². The van der Waals surface area contributed by atoms with Crippen LogP contribution in [-0.2, 0) is 17.6 Å². The van der Waals surface area contributed by atoms with Gasteiger partial charge in [0.25, 0.3) is 0 Å². The van der Waals surface area contributed by atoms with Gasteiger partial charge in [0, 0.05) is 37.2 Å². The van der Waals surface area contributed by atoms with Crippen LogP contribution in [0.25, 0.3) is 0 Å². The standard InChI is InChI=1S/C22H32N2O2/c1-16(2)23(3)15-19-8-4-5-12-24(19)22(26)14-17-10-11-20-18(13-17)7-6-9-21(20)25/h10-11,13,16,19H,4-9,12,14-15H2,1-3H3/t19-/m0/s1. The summed E-state index contributed by atoms with van der Waals surface area (Å²) in [6, 6.07) is 6.80. The summed E-state index contributed by atoms with van der Waals surface area (Å²) in [7, 11) is 2.14. The summed E-state index contributed by atoms with van der Waals surface area (Å²) in [6.07, 6.45) is 6.40. The maximum atomic E-state index is 13.0. The van der Waals surface area contributed by atoms with Crippen LogP contribution < -0.4 is 0 Å². The minimum Gasteiger partial charge on any atom is -0.338 e. The average molecular weight is 357 g/mol.